The molecule has 0 spiro atoms. The third kappa shape index (κ3) is 2.86. The fourth-order valence-electron chi connectivity index (χ4n) is 2.81. The zero-order valence-electron chi connectivity index (χ0n) is 14.7. The number of allylic oxidation sites excluding steroid dienone is 2. The summed E-state index contributed by atoms with van der Waals surface area (Å²) in [5, 5.41) is 0.650. The summed E-state index contributed by atoms with van der Waals surface area (Å²) in [4.78, 5) is 24.8. The Labute approximate surface area is 145 Å². The first-order valence-corrected chi connectivity index (χ1v) is 8.03. The van der Waals surface area contributed by atoms with Crippen molar-refractivity contribution < 1.29 is 18.7 Å². The van der Waals surface area contributed by atoms with Crippen LogP contribution in [-0.2, 0) is 4.74 Å². The molecule has 1 atom stereocenters. The highest BCUT2D eigenvalue weighted by atomic mass is 16.6. The quantitative estimate of drug-likeness (QED) is 0.480. The number of Topliss-reactive ketones (excluding diaryl/α,β-unsaturated/α-hetero) is 1. The highest BCUT2D eigenvalue weighted by Gasteiger charge is 2.46. The Hall–Kier alpha value is -2.82. The van der Waals surface area contributed by atoms with E-state index in [0.717, 1.165) is 5.57 Å². The molecule has 1 unspecified atom stereocenters. The summed E-state index contributed by atoms with van der Waals surface area (Å²) < 4.78 is 17.1. The molecule has 2 heterocycles. The fraction of sp³-hybridized carbons (Fsp3) is 0.300. The molecule has 5 nitrogen and oxygen atoms in total. The molecule has 1 aromatic carbocycles. The second-order valence-electron chi connectivity index (χ2n) is 6.57. The molecule has 1 aliphatic heterocycles. The summed E-state index contributed by atoms with van der Waals surface area (Å²) in [5.74, 6) is 0.490. The van der Waals surface area contributed by atoms with E-state index in [9.17, 15) is 9.59 Å². The van der Waals surface area contributed by atoms with Gasteiger partial charge in [-0.15, -0.1) is 0 Å². The van der Waals surface area contributed by atoms with Crippen LogP contribution in [0.15, 0.2) is 57.5 Å². The molecule has 0 amide bonds. The van der Waals surface area contributed by atoms with Crippen LogP contribution in [0.2, 0.25) is 0 Å². The molecule has 0 bridgehead atoms. The van der Waals surface area contributed by atoms with Gasteiger partial charge in [0.05, 0.1) is 0 Å². The molecule has 3 rings (SSSR count). The summed E-state index contributed by atoms with van der Waals surface area (Å²) in [6.07, 6.45) is 0.949. The average Bonchev–Trinajstić information content (AvgIpc) is 2.56. The molecule has 1 aromatic heterocycles. The second-order valence-corrected chi connectivity index (χ2v) is 6.57. The molecule has 0 saturated heterocycles. The van der Waals surface area contributed by atoms with Crippen LogP contribution in [0.1, 0.15) is 38.1 Å². The molecule has 5 heteroatoms. The van der Waals surface area contributed by atoms with E-state index in [0.29, 0.717) is 16.9 Å². The zero-order valence-corrected chi connectivity index (χ0v) is 14.7. The van der Waals surface area contributed by atoms with Crippen molar-refractivity contribution in [1.29, 1.82) is 0 Å². The molecule has 0 N–H and O–H groups in total. The summed E-state index contributed by atoms with van der Waals surface area (Å²) in [6, 6.07) is 6.40. The van der Waals surface area contributed by atoms with Gasteiger partial charge in [0.1, 0.15) is 22.7 Å². The summed E-state index contributed by atoms with van der Waals surface area (Å²) in [7, 11) is 0. The number of benzene rings is 1. The summed E-state index contributed by atoms with van der Waals surface area (Å²) >= 11 is 0. The molecule has 25 heavy (non-hydrogen) atoms. The van der Waals surface area contributed by atoms with Crippen molar-refractivity contribution in [3.8, 4) is 5.75 Å². The number of ketones is 1. The SMILES string of the molecule is C=C(OC1C(=O)c2c(ccc3ccc(=O)oc23)OC1(C)C)/C(C)=C/C. The predicted molar refractivity (Wildman–Crippen MR) is 95.0 cm³/mol. The predicted octanol–water partition coefficient (Wildman–Crippen LogP) is 4.01. The molecule has 0 fully saturated rings. The molecule has 0 saturated carbocycles. The van der Waals surface area contributed by atoms with Gasteiger partial charge in [0.15, 0.2) is 5.58 Å². The van der Waals surface area contributed by atoms with E-state index < -0.39 is 17.3 Å². The van der Waals surface area contributed by atoms with Gasteiger partial charge in [0, 0.05) is 11.5 Å². The molecule has 2 aromatic rings. The minimum absolute atomic E-state index is 0.215. The minimum Gasteiger partial charge on any atom is -0.483 e. The lowest BCUT2D eigenvalue weighted by atomic mass is 9.88. The van der Waals surface area contributed by atoms with Crippen molar-refractivity contribution in [2.24, 2.45) is 0 Å². The van der Waals surface area contributed by atoms with Gasteiger partial charge < -0.3 is 13.9 Å². The second kappa shape index (κ2) is 5.92. The molecular weight excluding hydrogens is 320 g/mol. The van der Waals surface area contributed by atoms with Gasteiger partial charge >= 0.3 is 5.63 Å². The van der Waals surface area contributed by atoms with Crippen LogP contribution < -0.4 is 10.4 Å². The molecule has 130 valence electrons. The van der Waals surface area contributed by atoms with E-state index in [1.807, 2.05) is 19.9 Å². The topological polar surface area (TPSA) is 65.7 Å². The van der Waals surface area contributed by atoms with Crippen molar-refractivity contribution in [2.75, 3.05) is 0 Å². The van der Waals surface area contributed by atoms with Crippen LogP contribution in [0.3, 0.4) is 0 Å². The number of hydrogen-bond acceptors (Lipinski definition) is 5. The lowest BCUT2D eigenvalue weighted by Crippen LogP contribution is -2.51. The number of carbonyl (C=O) groups excluding carboxylic acids is 1. The van der Waals surface area contributed by atoms with Crippen molar-refractivity contribution in [3.05, 3.63) is 64.2 Å². The zero-order chi connectivity index (χ0) is 18.4. The van der Waals surface area contributed by atoms with E-state index in [1.54, 1.807) is 32.0 Å². The van der Waals surface area contributed by atoms with Crippen LogP contribution in [0.5, 0.6) is 5.75 Å². The average molecular weight is 340 g/mol. The van der Waals surface area contributed by atoms with Crippen LogP contribution in [-0.4, -0.2) is 17.5 Å². The lowest BCUT2D eigenvalue weighted by molar-refractivity contribution is -0.0372. The Morgan fingerprint density at radius 1 is 1.24 bits per heavy atom. The summed E-state index contributed by atoms with van der Waals surface area (Å²) in [5.41, 5.74) is -0.147. The van der Waals surface area contributed by atoms with Crippen LogP contribution in [0, 0.1) is 0 Å². The van der Waals surface area contributed by atoms with Gasteiger partial charge in [-0.3, -0.25) is 4.79 Å². The maximum absolute atomic E-state index is 13.2. The lowest BCUT2D eigenvalue weighted by Gasteiger charge is -2.38. The van der Waals surface area contributed by atoms with Gasteiger partial charge in [-0.1, -0.05) is 12.7 Å². The number of ether oxygens (including phenoxy) is 2. The van der Waals surface area contributed by atoms with Crippen molar-refractivity contribution in [2.45, 2.75) is 39.4 Å². The first-order chi connectivity index (χ1) is 11.7. The van der Waals surface area contributed by atoms with E-state index in [1.165, 1.54) is 6.07 Å². The third-order valence-corrected chi connectivity index (χ3v) is 4.37. The molecule has 1 aliphatic rings. The number of rotatable bonds is 3. The monoisotopic (exact) mass is 340 g/mol. The van der Waals surface area contributed by atoms with Crippen molar-refractivity contribution in [1.82, 2.24) is 0 Å². The van der Waals surface area contributed by atoms with E-state index in [2.05, 4.69) is 6.58 Å². The third-order valence-electron chi connectivity index (χ3n) is 4.37. The number of fused-ring (bicyclic) bond motifs is 3. The largest absolute Gasteiger partial charge is 0.483 e. The van der Waals surface area contributed by atoms with Crippen molar-refractivity contribution in [3.63, 3.8) is 0 Å². The Morgan fingerprint density at radius 2 is 1.92 bits per heavy atom. The maximum atomic E-state index is 13.2. The molecular formula is C20H20O5. The van der Waals surface area contributed by atoms with Crippen molar-refractivity contribution >= 4 is 16.8 Å². The van der Waals surface area contributed by atoms with Gasteiger partial charge in [0.2, 0.25) is 11.9 Å². The number of carbonyl (C=O) groups is 1. The normalized spacial score (nSPS) is 19.3. The van der Waals surface area contributed by atoms with Gasteiger partial charge in [-0.25, -0.2) is 4.79 Å². The Bertz CT molecular complexity index is 962. The van der Waals surface area contributed by atoms with Gasteiger partial charge in [-0.2, -0.15) is 0 Å². The fourth-order valence-corrected chi connectivity index (χ4v) is 2.81. The van der Waals surface area contributed by atoms with Gasteiger partial charge in [-0.05, 0) is 51.5 Å². The van der Waals surface area contributed by atoms with Gasteiger partial charge in [0.25, 0.3) is 0 Å². The molecule has 0 aliphatic carbocycles. The van der Waals surface area contributed by atoms with E-state index in [-0.39, 0.29) is 16.9 Å². The van der Waals surface area contributed by atoms with Crippen LogP contribution >= 0.6 is 0 Å². The smallest absolute Gasteiger partial charge is 0.336 e. The van der Waals surface area contributed by atoms with E-state index >= 15 is 0 Å². The molecule has 0 radical (unpaired) electrons. The Balaban J connectivity index is 2.14. The Morgan fingerprint density at radius 3 is 2.60 bits per heavy atom. The number of hydrogen-bond donors (Lipinski definition) is 0. The highest BCUT2D eigenvalue weighted by molar-refractivity contribution is 6.12. The first-order valence-electron chi connectivity index (χ1n) is 8.03. The van der Waals surface area contributed by atoms with E-state index in [4.69, 9.17) is 13.9 Å². The minimum atomic E-state index is -0.904. The van der Waals surface area contributed by atoms with Crippen LogP contribution in [0.4, 0.5) is 0 Å². The Kier molecular flexibility index (Phi) is 4.03. The standard InChI is InChI=1S/C20H20O5/c1-6-11(2)12(3)23-19-17(22)16-14(25-20(19,4)5)9-7-13-8-10-15(21)24-18(13)16/h6-10,19H,3H2,1-2,4-5H3/b11-6+. The highest BCUT2D eigenvalue weighted by Crippen LogP contribution is 2.39. The maximum Gasteiger partial charge on any atom is 0.336 e. The summed E-state index contributed by atoms with van der Waals surface area (Å²) in [6.45, 7) is 11.2. The first kappa shape index (κ1) is 17.0. The van der Waals surface area contributed by atoms with Crippen LogP contribution in [0.25, 0.3) is 11.0 Å².